The second-order valence-corrected chi connectivity index (χ2v) is 6.05. The predicted molar refractivity (Wildman–Crippen MR) is 70.7 cm³/mol. The van der Waals surface area contributed by atoms with Crippen LogP contribution < -0.4 is 4.72 Å². The Hall–Kier alpha value is -1.59. The lowest BCUT2D eigenvalue weighted by molar-refractivity contribution is 0.580. The van der Waals surface area contributed by atoms with Crippen molar-refractivity contribution >= 4 is 10.0 Å². The van der Waals surface area contributed by atoms with Gasteiger partial charge in [-0.05, 0) is 42.7 Å². The number of benzene rings is 1. The number of sulfonamides is 1. The second-order valence-electron chi connectivity index (χ2n) is 4.31. The average Bonchev–Trinajstić information content (AvgIpc) is 2.83. The highest BCUT2D eigenvalue weighted by Gasteiger charge is 2.16. The van der Waals surface area contributed by atoms with E-state index >= 15 is 0 Å². The van der Waals surface area contributed by atoms with Gasteiger partial charge in [0.25, 0.3) is 0 Å². The topological polar surface area (TPSA) is 62.0 Å². The first-order chi connectivity index (χ1) is 8.49. The third-order valence-electron chi connectivity index (χ3n) is 2.76. The summed E-state index contributed by atoms with van der Waals surface area (Å²) in [6.07, 6.45) is 3.53. The lowest BCUT2D eigenvalue weighted by Crippen LogP contribution is -2.23. The summed E-state index contributed by atoms with van der Waals surface area (Å²) in [5, 5.41) is 0. The number of aromatic nitrogens is 1. The fourth-order valence-electron chi connectivity index (χ4n) is 1.72. The molecule has 1 aromatic heterocycles. The van der Waals surface area contributed by atoms with Gasteiger partial charge in [-0.3, -0.25) is 0 Å². The maximum atomic E-state index is 12.2. The maximum Gasteiger partial charge on any atom is 0.241 e. The Morgan fingerprint density at radius 1 is 1.22 bits per heavy atom. The number of hydrogen-bond donors (Lipinski definition) is 2. The van der Waals surface area contributed by atoms with E-state index in [2.05, 4.69) is 9.71 Å². The molecule has 1 aromatic carbocycles. The Balaban J connectivity index is 2.22. The van der Waals surface area contributed by atoms with Gasteiger partial charge >= 0.3 is 0 Å². The molecule has 0 aliphatic rings. The molecule has 18 heavy (non-hydrogen) atoms. The van der Waals surface area contributed by atoms with E-state index in [1.807, 2.05) is 25.1 Å². The summed E-state index contributed by atoms with van der Waals surface area (Å²) in [5.41, 5.74) is 2.59. The van der Waals surface area contributed by atoms with Crippen molar-refractivity contribution in [3.63, 3.8) is 0 Å². The summed E-state index contributed by atoms with van der Waals surface area (Å²) >= 11 is 0. The second kappa shape index (κ2) is 4.96. The van der Waals surface area contributed by atoms with Crippen molar-refractivity contribution in [2.24, 2.45) is 0 Å². The molecule has 1 heterocycles. The quantitative estimate of drug-likeness (QED) is 0.888. The summed E-state index contributed by atoms with van der Waals surface area (Å²) in [6, 6.07) is 7.25. The van der Waals surface area contributed by atoms with Gasteiger partial charge in [0.15, 0.2) is 0 Å². The van der Waals surface area contributed by atoms with Crippen LogP contribution in [0.1, 0.15) is 16.7 Å². The van der Waals surface area contributed by atoms with Gasteiger partial charge in [0.2, 0.25) is 10.0 Å². The molecule has 0 spiro atoms. The van der Waals surface area contributed by atoms with E-state index in [4.69, 9.17) is 0 Å². The fraction of sp³-hybridized carbons (Fsp3) is 0.231. The lowest BCUT2D eigenvalue weighted by atomic mass is 10.2. The molecule has 0 amide bonds. The first-order valence-electron chi connectivity index (χ1n) is 5.67. The van der Waals surface area contributed by atoms with Gasteiger partial charge in [0.05, 0.1) is 4.90 Å². The van der Waals surface area contributed by atoms with Crippen molar-refractivity contribution < 1.29 is 8.42 Å². The van der Waals surface area contributed by atoms with Crippen LogP contribution in [0.4, 0.5) is 0 Å². The Bertz CT molecular complexity index is 631. The average molecular weight is 264 g/mol. The Morgan fingerprint density at radius 2 is 2.00 bits per heavy atom. The highest BCUT2D eigenvalue weighted by atomic mass is 32.2. The van der Waals surface area contributed by atoms with E-state index in [0.29, 0.717) is 11.4 Å². The molecule has 0 atom stereocenters. The van der Waals surface area contributed by atoms with E-state index in [1.165, 1.54) is 0 Å². The third-order valence-corrected chi connectivity index (χ3v) is 4.31. The minimum atomic E-state index is -3.45. The van der Waals surface area contributed by atoms with Crippen molar-refractivity contribution in [2.75, 3.05) is 0 Å². The van der Waals surface area contributed by atoms with Crippen molar-refractivity contribution in [3.05, 3.63) is 53.3 Å². The Labute approximate surface area is 107 Å². The summed E-state index contributed by atoms with van der Waals surface area (Å²) in [7, 11) is -3.45. The number of H-pyrrole nitrogens is 1. The number of rotatable bonds is 4. The summed E-state index contributed by atoms with van der Waals surface area (Å²) in [5.74, 6) is 0. The molecule has 0 unspecified atom stereocenters. The van der Waals surface area contributed by atoms with Crippen molar-refractivity contribution in [1.82, 2.24) is 9.71 Å². The molecule has 0 fully saturated rings. The third kappa shape index (κ3) is 2.80. The van der Waals surface area contributed by atoms with Crippen LogP contribution in [0, 0.1) is 13.8 Å². The highest BCUT2D eigenvalue weighted by Crippen LogP contribution is 2.16. The summed E-state index contributed by atoms with van der Waals surface area (Å²) in [4.78, 5) is 3.24. The SMILES string of the molecule is Cc1ccc(C)c(S(=O)(=O)NCc2cc[nH]c2)c1. The normalized spacial score (nSPS) is 11.7. The molecule has 0 saturated heterocycles. The van der Waals surface area contributed by atoms with E-state index in [1.54, 1.807) is 25.4 Å². The molecule has 2 rings (SSSR count). The van der Waals surface area contributed by atoms with Crippen LogP contribution in [0.15, 0.2) is 41.6 Å². The zero-order valence-electron chi connectivity index (χ0n) is 10.4. The lowest BCUT2D eigenvalue weighted by Gasteiger charge is -2.09. The number of aryl methyl sites for hydroxylation is 2. The molecule has 0 radical (unpaired) electrons. The molecule has 5 heteroatoms. The molecule has 0 bridgehead atoms. The van der Waals surface area contributed by atoms with Crippen LogP contribution >= 0.6 is 0 Å². The van der Waals surface area contributed by atoms with Crippen LogP contribution in [0.25, 0.3) is 0 Å². The van der Waals surface area contributed by atoms with Crippen LogP contribution in [0.3, 0.4) is 0 Å². The van der Waals surface area contributed by atoms with Crippen molar-refractivity contribution in [3.8, 4) is 0 Å². The van der Waals surface area contributed by atoms with E-state index in [0.717, 1.165) is 16.7 Å². The smallest absolute Gasteiger partial charge is 0.241 e. The van der Waals surface area contributed by atoms with Gasteiger partial charge in [-0.15, -0.1) is 0 Å². The van der Waals surface area contributed by atoms with Crippen molar-refractivity contribution in [1.29, 1.82) is 0 Å². The van der Waals surface area contributed by atoms with Gasteiger partial charge < -0.3 is 4.98 Å². The molecule has 2 aromatic rings. The first kappa shape index (κ1) is 12.9. The summed E-state index contributed by atoms with van der Waals surface area (Å²) in [6.45, 7) is 3.97. The largest absolute Gasteiger partial charge is 0.367 e. The molecule has 4 nitrogen and oxygen atoms in total. The van der Waals surface area contributed by atoms with Gasteiger partial charge in [0.1, 0.15) is 0 Å². The minimum Gasteiger partial charge on any atom is -0.367 e. The van der Waals surface area contributed by atoms with Crippen LogP contribution in [-0.4, -0.2) is 13.4 Å². The van der Waals surface area contributed by atoms with Gasteiger partial charge in [-0.1, -0.05) is 12.1 Å². The van der Waals surface area contributed by atoms with Crippen LogP contribution in [0.2, 0.25) is 0 Å². The molecular formula is C13H16N2O2S. The Kier molecular flexibility index (Phi) is 3.54. The summed E-state index contributed by atoms with van der Waals surface area (Å²) < 4.78 is 27.0. The zero-order chi connectivity index (χ0) is 13.2. The molecule has 2 N–H and O–H groups in total. The molecule has 0 aliphatic carbocycles. The van der Waals surface area contributed by atoms with E-state index in [-0.39, 0.29) is 0 Å². The molecule has 0 saturated carbocycles. The van der Waals surface area contributed by atoms with Gasteiger partial charge in [0, 0.05) is 18.9 Å². The molecule has 96 valence electrons. The fourth-order valence-corrected chi connectivity index (χ4v) is 3.07. The predicted octanol–water partition coefficient (Wildman–Crippen LogP) is 2.11. The standard InChI is InChI=1S/C13H16N2O2S/c1-10-3-4-11(2)13(7-10)18(16,17)15-9-12-5-6-14-8-12/h3-8,14-15H,9H2,1-2H3. The first-order valence-corrected chi connectivity index (χ1v) is 7.16. The van der Waals surface area contributed by atoms with Crippen LogP contribution in [0.5, 0.6) is 0 Å². The molecule has 0 aliphatic heterocycles. The van der Waals surface area contributed by atoms with E-state index in [9.17, 15) is 8.42 Å². The number of aromatic amines is 1. The monoisotopic (exact) mass is 264 g/mol. The van der Waals surface area contributed by atoms with Gasteiger partial charge in [-0.25, -0.2) is 13.1 Å². The Morgan fingerprint density at radius 3 is 2.67 bits per heavy atom. The maximum absolute atomic E-state index is 12.2. The van der Waals surface area contributed by atoms with Crippen LogP contribution in [-0.2, 0) is 16.6 Å². The zero-order valence-corrected chi connectivity index (χ0v) is 11.2. The highest BCUT2D eigenvalue weighted by molar-refractivity contribution is 7.89. The van der Waals surface area contributed by atoms with Crippen molar-refractivity contribution in [2.45, 2.75) is 25.3 Å². The number of nitrogens with one attached hydrogen (secondary N) is 2. The van der Waals surface area contributed by atoms with Gasteiger partial charge in [-0.2, -0.15) is 0 Å². The minimum absolute atomic E-state index is 0.291. The molecular weight excluding hydrogens is 248 g/mol. The van der Waals surface area contributed by atoms with E-state index < -0.39 is 10.0 Å². The number of hydrogen-bond acceptors (Lipinski definition) is 2.